The summed E-state index contributed by atoms with van der Waals surface area (Å²) in [5, 5.41) is 25.7. The SMILES string of the molecule is COc1ccc2c(c1)[C@@](O)([C@H](C)/C=C/CC(=O)N1CCC[C@H]1CO)C(=O)N2Cc1cccc(NC(=O)Cc2c[nH]c3ccccc23)c1. The van der Waals surface area contributed by atoms with Gasteiger partial charge in [-0.15, -0.1) is 0 Å². The third kappa shape index (κ3) is 6.26. The molecular weight excluding hydrogens is 596 g/mol. The Labute approximate surface area is 273 Å². The van der Waals surface area contributed by atoms with Crippen LogP contribution in [0.1, 0.15) is 42.9 Å². The van der Waals surface area contributed by atoms with Gasteiger partial charge in [-0.3, -0.25) is 14.4 Å². The summed E-state index contributed by atoms with van der Waals surface area (Å²) in [5.41, 5.74) is 2.34. The molecule has 0 spiro atoms. The predicted molar refractivity (Wildman–Crippen MR) is 180 cm³/mol. The number of likely N-dealkylation sites (tertiary alicyclic amines) is 1. The molecule has 0 saturated carbocycles. The van der Waals surface area contributed by atoms with Crippen LogP contribution in [0.3, 0.4) is 0 Å². The highest BCUT2D eigenvalue weighted by Gasteiger charge is 2.52. The largest absolute Gasteiger partial charge is 0.497 e. The van der Waals surface area contributed by atoms with Gasteiger partial charge in [0.15, 0.2) is 5.60 Å². The summed E-state index contributed by atoms with van der Waals surface area (Å²) in [6, 6.07) is 20.2. The summed E-state index contributed by atoms with van der Waals surface area (Å²) >= 11 is 0. The van der Waals surface area contributed by atoms with E-state index in [0.29, 0.717) is 29.2 Å². The van der Waals surface area contributed by atoms with Crippen LogP contribution in [0, 0.1) is 5.92 Å². The van der Waals surface area contributed by atoms with Gasteiger partial charge in [0.1, 0.15) is 5.75 Å². The molecule has 2 aliphatic rings. The summed E-state index contributed by atoms with van der Waals surface area (Å²) in [4.78, 5) is 46.3. The van der Waals surface area contributed by atoms with Gasteiger partial charge >= 0.3 is 0 Å². The Kier molecular flexibility index (Phi) is 9.15. The highest BCUT2D eigenvalue weighted by atomic mass is 16.5. The molecule has 6 rings (SSSR count). The van der Waals surface area contributed by atoms with E-state index in [2.05, 4.69) is 10.3 Å². The molecule has 1 fully saturated rings. The summed E-state index contributed by atoms with van der Waals surface area (Å²) < 4.78 is 5.43. The van der Waals surface area contributed by atoms with Gasteiger partial charge in [-0.2, -0.15) is 0 Å². The number of amides is 3. The molecule has 2 aliphatic heterocycles. The number of benzene rings is 3. The van der Waals surface area contributed by atoms with E-state index < -0.39 is 17.4 Å². The number of ether oxygens (including phenoxy) is 1. The Bertz CT molecular complexity index is 1830. The second kappa shape index (κ2) is 13.4. The van der Waals surface area contributed by atoms with Crippen LogP contribution in [0.25, 0.3) is 10.9 Å². The molecular formula is C37H40N4O6. The lowest BCUT2D eigenvalue weighted by atomic mass is 9.83. The Morgan fingerprint density at radius 3 is 2.79 bits per heavy atom. The minimum atomic E-state index is -1.89. The number of aromatic nitrogens is 1. The van der Waals surface area contributed by atoms with E-state index in [0.717, 1.165) is 34.9 Å². The quantitative estimate of drug-likeness (QED) is 0.177. The minimum Gasteiger partial charge on any atom is -0.497 e. The average Bonchev–Trinajstić information content (AvgIpc) is 3.78. The molecule has 10 nitrogen and oxygen atoms in total. The number of nitrogens with zero attached hydrogens (tertiary/aromatic N) is 2. The lowest BCUT2D eigenvalue weighted by Crippen LogP contribution is -2.44. The highest BCUT2D eigenvalue weighted by Crippen LogP contribution is 2.47. The predicted octanol–water partition coefficient (Wildman–Crippen LogP) is 4.66. The molecule has 0 unspecified atom stereocenters. The number of aliphatic hydroxyl groups is 2. The fourth-order valence-corrected chi connectivity index (χ4v) is 6.78. The Morgan fingerprint density at radius 2 is 1.98 bits per heavy atom. The van der Waals surface area contributed by atoms with Crippen molar-refractivity contribution in [3.8, 4) is 5.75 Å². The van der Waals surface area contributed by atoms with Crippen LogP contribution in [0.15, 0.2) is 85.1 Å². The zero-order valence-corrected chi connectivity index (χ0v) is 26.6. The fourth-order valence-electron chi connectivity index (χ4n) is 6.78. The molecule has 3 amide bonds. The van der Waals surface area contributed by atoms with Crippen molar-refractivity contribution >= 4 is 40.0 Å². The van der Waals surface area contributed by atoms with Crippen molar-refractivity contribution in [2.45, 2.75) is 50.8 Å². The highest BCUT2D eigenvalue weighted by molar-refractivity contribution is 6.07. The summed E-state index contributed by atoms with van der Waals surface area (Å²) in [6.07, 6.45) is 7.20. The first-order valence-electron chi connectivity index (χ1n) is 16.0. The fraction of sp³-hybridized carbons (Fsp3) is 0.324. The van der Waals surface area contributed by atoms with Crippen molar-refractivity contribution in [3.63, 3.8) is 0 Å². The van der Waals surface area contributed by atoms with Crippen LogP contribution in [0.4, 0.5) is 11.4 Å². The molecule has 0 aliphatic carbocycles. The molecule has 4 N–H and O–H groups in total. The Balaban J connectivity index is 1.18. The van der Waals surface area contributed by atoms with Gasteiger partial charge in [-0.1, -0.05) is 49.4 Å². The van der Waals surface area contributed by atoms with Gasteiger partial charge in [0, 0.05) is 47.2 Å². The van der Waals surface area contributed by atoms with Crippen molar-refractivity contribution in [1.29, 1.82) is 0 Å². The van der Waals surface area contributed by atoms with Gasteiger partial charge in [-0.05, 0) is 60.4 Å². The molecule has 10 heteroatoms. The minimum absolute atomic E-state index is 0.0607. The molecule has 3 atom stereocenters. The van der Waals surface area contributed by atoms with E-state index in [1.165, 1.54) is 7.11 Å². The Morgan fingerprint density at radius 1 is 1.15 bits per heavy atom. The number of carbonyl (C=O) groups is 3. The van der Waals surface area contributed by atoms with Crippen molar-refractivity contribution in [2.75, 3.05) is 30.5 Å². The number of para-hydroxylation sites is 1. The maximum Gasteiger partial charge on any atom is 0.264 e. The molecule has 244 valence electrons. The Hall–Kier alpha value is -4.93. The van der Waals surface area contributed by atoms with Crippen molar-refractivity contribution < 1.29 is 29.3 Å². The van der Waals surface area contributed by atoms with E-state index in [4.69, 9.17) is 4.74 Å². The molecule has 3 heterocycles. The molecule has 0 radical (unpaired) electrons. The first-order valence-corrected chi connectivity index (χ1v) is 16.0. The summed E-state index contributed by atoms with van der Waals surface area (Å²) in [6.45, 7) is 2.47. The molecule has 1 aromatic heterocycles. The zero-order valence-electron chi connectivity index (χ0n) is 26.6. The monoisotopic (exact) mass is 636 g/mol. The first kappa shape index (κ1) is 32.0. The maximum atomic E-state index is 14.1. The number of H-pyrrole nitrogens is 1. The van der Waals surface area contributed by atoms with Crippen LogP contribution in [0.5, 0.6) is 5.75 Å². The topological polar surface area (TPSA) is 135 Å². The van der Waals surface area contributed by atoms with Crippen LogP contribution >= 0.6 is 0 Å². The van der Waals surface area contributed by atoms with Gasteiger partial charge in [-0.25, -0.2) is 0 Å². The van der Waals surface area contributed by atoms with E-state index in [-0.39, 0.29) is 43.8 Å². The molecule has 47 heavy (non-hydrogen) atoms. The van der Waals surface area contributed by atoms with Gasteiger partial charge in [0.2, 0.25) is 11.8 Å². The normalized spacial score (nSPS) is 19.8. The molecule has 0 bridgehead atoms. The molecule has 4 aromatic rings. The van der Waals surface area contributed by atoms with Crippen LogP contribution < -0.4 is 15.0 Å². The third-order valence-electron chi connectivity index (χ3n) is 9.34. The van der Waals surface area contributed by atoms with E-state index in [1.807, 2.05) is 48.7 Å². The standard InChI is InChI=1S/C37H40N4O6/c1-24(8-5-14-35(44)40-17-7-11-28(40)23-42)37(46)31-20-29(47-2)15-16-33(31)41(36(37)45)22-25-9-6-10-27(18-25)39-34(43)19-26-21-38-32-13-4-3-12-30(26)32/h3-6,8-10,12-13,15-16,18,20-21,24,28,38,42,46H,7,11,14,17,19,22-23H2,1-2H3,(H,39,43)/b8-5+/t24-,28+,37+/m1/s1. The number of aliphatic hydroxyl groups excluding tert-OH is 1. The number of anilines is 2. The number of hydrogen-bond acceptors (Lipinski definition) is 6. The molecule has 1 saturated heterocycles. The number of fused-ring (bicyclic) bond motifs is 2. The number of hydrogen-bond donors (Lipinski definition) is 4. The second-order valence-corrected chi connectivity index (χ2v) is 12.3. The lowest BCUT2D eigenvalue weighted by molar-refractivity contribution is -0.139. The van der Waals surface area contributed by atoms with Crippen LogP contribution in [-0.4, -0.2) is 64.1 Å². The number of carbonyl (C=O) groups excluding carboxylic acids is 3. The summed E-state index contributed by atoms with van der Waals surface area (Å²) in [5.74, 6) is -0.899. The van der Waals surface area contributed by atoms with Crippen molar-refractivity contribution in [1.82, 2.24) is 9.88 Å². The number of rotatable bonds is 11. The average molecular weight is 637 g/mol. The first-order chi connectivity index (χ1) is 22.7. The van der Waals surface area contributed by atoms with E-state index in [9.17, 15) is 24.6 Å². The number of aromatic amines is 1. The lowest BCUT2D eigenvalue weighted by Gasteiger charge is -2.28. The second-order valence-electron chi connectivity index (χ2n) is 12.3. The van der Waals surface area contributed by atoms with Gasteiger partial charge in [0.25, 0.3) is 5.91 Å². The zero-order chi connectivity index (χ0) is 33.1. The van der Waals surface area contributed by atoms with Crippen LogP contribution in [0.2, 0.25) is 0 Å². The smallest absolute Gasteiger partial charge is 0.264 e. The van der Waals surface area contributed by atoms with Crippen LogP contribution in [-0.2, 0) is 33.0 Å². The van der Waals surface area contributed by atoms with Gasteiger partial charge in [0.05, 0.1) is 38.4 Å². The van der Waals surface area contributed by atoms with E-state index >= 15 is 0 Å². The molecule has 3 aromatic carbocycles. The third-order valence-corrected chi connectivity index (χ3v) is 9.34. The number of methoxy groups -OCH3 is 1. The van der Waals surface area contributed by atoms with E-state index in [1.54, 1.807) is 53.1 Å². The van der Waals surface area contributed by atoms with Gasteiger partial charge < -0.3 is 35.1 Å². The maximum absolute atomic E-state index is 14.1. The van der Waals surface area contributed by atoms with Crippen molar-refractivity contribution in [2.24, 2.45) is 5.92 Å². The van der Waals surface area contributed by atoms with Crippen molar-refractivity contribution in [3.05, 3.63) is 102 Å². The number of nitrogens with one attached hydrogen (secondary N) is 2. The summed E-state index contributed by atoms with van der Waals surface area (Å²) in [7, 11) is 1.53.